The third-order valence-corrected chi connectivity index (χ3v) is 4.67. The molecule has 0 bridgehead atoms. The van der Waals surface area contributed by atoms with Gasteiger partial charge in [-0.3, -0.25) is 14.9 Å². The number of anilines is 1. The van der Waals surface area contributed by atoms with Gasteiger partial charge in [-0.2, -0.15) is 13.2 Å². The molecule has 0 radical (unpaired) electrons. The molecule has 1 aliphatic heterocycles. The number of benzene rings is 2. The molecule has 2 aromatic carbocycles. The second kappa shape index (κ2) is 7.87. The zero-order valence-corrected chi connectivity index (χ0v) is 14.9. The van der Waals surface area contributed by atoms with Gasteiger partial charge >= 0.3 is 6.18 Å². The highest BCUT2D eigenvalue weighted by Gasteiger charge is 2.30. The third kappa shape index (κ3) is 4.59. The highest BCUT2D eigenvalue weighted by atomic mass is 19.4. The molecule has 1 fully saturated rings. The van der Waals surface area contributed by atoms with Crippen molar-refractivity contribution < 1.29 is 22.9 Å². The molecule has 148 valence electrons. The first-order chi connectivity index (χ1) is 13.2. The summed E-state index contributed by atoms with van der Waals surface area (Å²) in [5.41, 5.74) is 0.410. The first-order valence-corrected chi connectivity index (χ1v) is 8.67. The molecule has 0 spiro atoms. The molecule has 9 heteroatoms. The van der Waals surface area contributed by atoms with Gasteiger partial charge in [-0.1, -0.05) is 18.2 Å². The molecule has 1 heterocycles. The van der Waals surface area contributed by atoms with E-state index in [1.165, 1.54) is 24.3 Å². The van der Waals surface area contributed by atoms with E-state index in [0.29, 0.717) is 31.7 Å². The van der Waals surface area contributed by atoms with E-state index in [1.54, 1.807) is 17.0 Å². The Morgan fingerprint density at radius 3 is 2.25 bits per heavy atom. The summed E-state index contributed by atoms with van der Waals surface area (Å²) in [5.74, 6) is -0.220. The Bertz CT molecular complexity index is 861. The average Bonchev–Trinajstić information content (AvgIpc) is 2.68. The summed E-state index contributed by atoms with van der Waals surface area (Å²) in [4.78, 5) is 26.3. The van der Waals surface area contributed by atoms with Crippen molar-refractivity contribution in [1.82, 2.24) is 4.90 Å². The molecule has 0 N–H and O–H groups in total. The number of hydrogen-bond donors (Lipinski definition) is 0. The second-order valence-electron chi connectivity index (χ2n) is 6.52. The summed E-state index contributed by atoms with van der Waals surface area (Å²) in [6, 6.07) is 11.0. The van der Waals surface area contributed by atoms with Crippen LogP contribution < -0.4 is 4.90 Å². The summed E-state index contributed by atoms with van der Waals surface area (Å²) >= 11 is 0. The lowest BCUT2D eigenvalue weighted by Gasteiger charge is -2.36. The number of alkyl halides is 3. The van der Waals surface area contributed by atoms with Crippen molar-refractivity contribution in [1.29, 1.82) is 0 Å². The van der Waals surface area contributed by atoms with Crippen LogP contribution in [0.5, 0.6) is 0 Å². The number of rotatable bonds is 4. The van der Waals surface area contributed by atoms with Crippen LogP contribution in [0.3, 0.4) is 0 Å². The van der Waals surface area contributed by atoms with Crippen LogP contribution in [0, 0.1) is 10.1 Å². The van der Waals surface area contributed by atoms with Crippen LogP contribution in [0.15, 0.2) is 48.5 Å². The van der Waals surface area contributed by atoms with E-state index >= 15 is 0 Å². The van der Waals surface area contributed by atoms with Crippen LogP contribution in [-0.4, -0.2) is 41.9 Å². The lowest BCUT2D eigenvalue weighted by Crippen LogP contribution is -2.49. The minimum absolute atomic E-state index is 0.0126. The van der Waals surface area contributed by atoms with E-state index < -0.39 is 16.7 Å². The Kier molecular flexibility index (Phi) is 5.53. The van der Waals surface area contributed by atoms with Crippen molar-refractivity contribution in [2.24, 2.45) is 0 Å². The lowest BCUT2D eigenvalue weighted by molar-refractivity contribution is -0.384. The van der Waals surface area contributed by atoms with E-state index in [2.05, 4.69) is 0 Å². The fraction of sp³-hybridized carbons (Fsp3) is 0.316. The number of carbonyl (C=O) groups excluding carboxylic acids is 1. The molecule has 6 nitrogen and oxygen atoms in total. The van der Waals surface area contributed by atoms with E-state index in [0.717, 1.165) is 17.8 Å². The normalized spacial score (nSPS) is 14.8. The van der Waals surface area contributed by atoms with Gasteiger partial charge in [0.25, 0.3) is 5.69 Å². The minimum Gasteiger partial charge on any atom is -0.368 e. The highest BCUT2D eigenvalue weighted by molar-refractivity contribution is 5.79. The van der Waals surface area contributed by atoms with Gasteiger partial charge in [-0.15, -0.1) is 0 Å². The number of nitro groups is 1. The zero-order chi connectivity index (χ0) is 20.3. The van der Waals surface area contributed by atoms with Crippen LogP contribution in [0.4, 0.5) is 24.5 Å². The molecule has 28 heavy (non-hydrogen) atoms. The Hall–Kier alpha value is -3.10. The summed E-state index contributed by atoms with van der Waals surface area (Å²) in [6.45, 7) is 1.97. The molecule has 1 amide bonds. The highest BCUT2D eigenvalue weighted by Crippen LogP contribution is 2.29. The van der Waals surface area contributed by atoms with Crippen molar-refractivity contribution in [2.75, 3.05) is 31.1 Å². The zero-order valence-electron chi connectivity index (χ0n) is 14.9. The number of nitro benzene ring substituents is 1. The summed E-state index contributed by atoms with van der Waals surface area (Å²) < 4.78 is 38.4. The molecule has 0 unspecified atom stereocenters. The fourth-order valence-electron chi connectivity index (χ4n) is 3.14. The predicted octanol–water partition coefficient (Wildman–Crippen LogP) is 3.50. The maximum absolute atomic E-state index is 12.8. The van der Waals surface area contributed by atoms with Crippen LogP contribution in [0.25, 0.3) is 0 Å². The Labute approximate surface area is 159 Å². The third-order valence-electron chi connectivity index (χ3n) is 4.67. The molecular formula is C19H18F3N3O3. The lowest BCUT2D eigenvalue weighted by atomic mass is 10.1. The van der Waals surface area contributed by atoms with Gasteiger partial charge in [-0.25, -0.2) is 0 Å². The standard InChI is InChI=1S/C19H18F3N3O3/c20-19(21,22)15-3-1-2-14(12-15)13-18(26)24-10-8-23(9-11-24)16-4-6-17(7-5-16)25(27)28/h1-7,12H,8-11,13H2. The van der Waals surface area contributed by atoms with E-state index in [-0.39, 0.29) is 18.0 Å². The topological polar surface area (TPSA) is 66.7 Å². The molecule has 0 atom stereocenters. The Morgan fingerprint density at radius 2 is 1.68 bits per heavy atom. The van der Waals surface area contributed by atoms with Gasteiger partial charge in [-0.05, 0) is 23.8 Å². The molecule has 1 aliphatic rings. The monoisotopic (exact) mass is 393 g/mol. The van der Waals surface area contributed by atoms with Crippen molar-refractivity contribution in [3.05, 3.63) is 69.8 Å². The molecule has 3 rings (SSSR count). The van der Waals surface area contributed by atoms with Crippen molar-refractivity contribution in [2.45, 2.75) is 12.6 Å². The van der Waals surface area contributed by atoms with Gasteiger partial charge in [0.1, 0.15) is 0 Å². The maximum atomic E-state index is 12.8. The van der Waals surface area contributed by atoms with Crippen molar-refractivity contribution in [3.63, 3.8) is 0 Å². The Balaban J connectivity index is 1.57. The number of non-ortho nitro benzene ring substituents is 1. The predicted molar refractivity (Wildman–Crippen MR) is 97.0 cm³/mol. The Morgan fingerprint density at radius 1 is 1.04 bits per heavy atom. The van der Waals surface area contributed by atoms with Crippen LogP contribution in [0.1, 0.15) is 11.1 Å². The molecule has 1 saturated heterocycles. The number of nitrogens with zero attached hydrogens (tertiary/aromatic N) is 3. The van der Waals surface area contributed by atoms with Gasteiger partial charge in [0.05, 0.1) is 16.9 Å². The van der Waals surface area contributed by atoms with Crippen molar-refractivity contribution >= 4 is 17.3 Å². The number of piperazine rings is 1. The van der Waals surface area contributed by atoms with Crippen molar-refractivity contribution in [3.8, 4) is 0 Å². The molecule has 0 saturated carbocycles. The number of halogens is 3. The van der Waals surface area contributed by atoms with Crippen LogP contribution >= 0.6 is 0 Å². The van der Waals surface area contributed by atoms with Crippen LogP contribution in [0.2, 0.25) is 0 Å². The number of hydrogen-bond acceptors (Lipinski definition) is 4. The SMILES string of the molecule is O=C(Cc1cccc(C(F)(F)F)c1)N1CCN(c2ccc([N+](=O)[O-])cc2)CC1. The van der Waals surface area contributed by atoms with Crippen LogP contribution in [-0.2, 0) is 17.4 Å². The van der Waals surface area contributed by atoms with E-state index in [4.69, 9.17) is 0 Å². The van der Waals surface area contributed by atoms with Gasteiger partial charge < -0.3 is 9.80 Å². The van der Waals surface area contributed by atoms with Gasteiger partial charge in [0, 0.05) is 44.0 Å². The molecule has 2 aromatic rings. The second-order valence-corrected chi connectivity index (χ2v) is 6.52. The first-order valence-electron chi connectivity index (χ1n) is 8.67. The smallest absolute Gasteiger partial charge is 0.368 e. The number of carbonyl (C=O) groups is 1. The van der Waals surface area contributed by atoms with E-state index in [9.17, 15) is 28.1 Å². The quantitative estimate of drug-likeness (QED) is 0.589. The van der Waals surface area contributed by atoms with E-state index in [1.807, 2.05) is 4.90 Å². The molecule has 0 aliphatic carbocycles. The maximum Gasteiger partial charge on any atom is 0.416 e. The number of amides is 1. The summed E-state index contributed by atoms with van der Waals surface area (Å²) in [7, 11) is 0. The fourth-order valence-corrected chi connectivity index (χ4v) is 3.14. The van der Waals surface area contributed by atoms with Gasteiger partial charge in [0.15, 0.2) is 0 Å². The summed E-state index contributed by atoms with van der Waals surface area (Å²) in [5, 5.41) is 10.7. The summed E-state index contributed by atoms with van der Waals surface area (Å²) in [6.07, 6.45) is -4.52. The van der Waals surface area contributed by atoms with Gasteiger partial charge in [0.2, 0.25) is 5.91 Å². The first kappa shape index (κ1) is 19.7. The average molecular weight is 393 g/mol. The largest absolute Gasteiger partial charge is 0.416 e. The molecule has 0 aromatic heterocycles. The molecular weight excluding hydrogens is 375 g/mol. The minimum atomic E-state index is -4.44.